The number of alkyl halides is 3. The number of anilines is 2. The lowest BCUT2D eigenvalue weighted by molar-refractivity contribution is -0.274. The van der Waals surface area contributed by atoms with Gasteiger partial charge in [0.1, 0.15) is 34.4 Å². The number of ether oxygens (including phenoxy) is 1. The maximum atomic E-state index is 13.5. The normalized spacial score (nSPS) is 14.6. The third-order valence-corrected chi connectivity index (χ3v) is 5.32. The molecule has 34 heavy (non-hydrogen) atoms. The summed E-state index contributed by atoms with van der Waals surface area (Å²) in [5.41, 5.74) is 5.93. The molecule has 1 aliphatic rings. The SMILES string of the molecule is CC1(C)c2nc(-c3ccc(F)cc3)c(Nc3cccc(OC(F)(F)F)c3)n2C=CN1C(=O)CN. The zero-order valence-corrected chi connectivity index (χ0v) is 18.2. The molecule has 3 aromatic rings. The number of carbonyl (C=O) groups excluding carboxylic acids is 1. The van der Waals surface area contributed by atoms with Crippen LogP contribution >= 0.6 is 0 Å². The van der Waals surface area contributed by atoms with E-state index in [-0.39, 0.29) is 12.5 Å². The van der Waals surface area contributed by atoms with Crippen LogP contribution in [0.3, 0.4) is 0 Å². The number of halogens is 4. The Kier molecular flexibility index (Phi) is 5.82. The molecular weight excluding hydrogens is 454 g/mol. The zero-order chi connectivity index (χ0) is 24.7. The van der Waals surface area contributed by atoms with Gasteiger partial charge in [0.15, 0.2) is 0 Å². The predicted octanol–water partition coefficient (Wildman–Crippen LogP) is 4.80. The molecule has 0 bridgehead atoms. The molecule has 7 nitrogen and oxygen atoms in total. The fourth-order valence-electron chi connectivity index (χ4n) is 3.77. The van der Waals surface area contributed by atoms with Gasteiger partial charge in [0.2, 0.25) is 5.91 Å². The first kappa shape index (κ1) is 23.3. The Labute approximate surface area is 192 Å². The average molecular weight is 475 g/mol. The molecule has 2 aromatic carbocycles. The second-order valence-corrected chi connectivity index (χ2v) is 8.04. The molecule has 4 rings (SSSR count). The fourth-order valence-corrected chi connectivity index (χ4v) is 3.77. The zero-order valence-electron chi connectivity index (χ0n) is 18.2. The number of aromatic nitrogens is 2. The molecule has 0 atom stereocenters. The summed E-state index contributed by atoms with van der Waals surface area (Å²) in [5, 5.41) is 3.10. The van der Waals surface area contributed by atoms with Crippen molar-refractivity contribution < 1.29 is 27.1 Å². The van der Waals surface area contributed by atoms with Crippen LogP contribution in [0.4, 0.5) is 29.1 Å². The molecule has 0 fully saturated rings. The van der Waals surface area contributed by atoms with Gasteiger partial charge >= 0.3 is 6.36 Å². The molecule has 178 valence electrons. The van der Waals surface area contributed by atoms with Gasteiger partial charge in [-0.15, -0.1) is 13.2 Å². The molecule has 0 spiro atoms. The first-order chi connectivity index (χ1) is 16.0. The smallest absolute Gasteiger partial charge is 0.406 e. The van der Waals surface area contributed by atoms with Gasteiger partial charge in [0, 0.05) is 29.7 Å². The van der Waals surface area contributed by atoms with Gasteiger partial charge in [-0.05, 0) is 50.2 Å². The fraction of sp³-hybridized carbons (Fsp3) is 0.217. The summed E-state index contributed by atoms with van der Waals surface area (Å²) < 4.78 is 57.3. The molecule has 0 saturated heterocycles. The molecule has 1 aliphatic heterocycles. The van der Waals surface area contributed by atoms with Crippen LogP contribution in [-0.2, 0) is 10.3 Å². The average Bonchev–Trinajstić information content (AvgIpc) is 3.12. The van der Waals surface area contributed by atoms with Crippen LogP contribution in [0.2, 0.25) is 0 Å². The van der Waals surface area contributed by atoms with Crippen LogP contribution in [0, 0.1) is 5.82 Å². The van der Waals surface area contributed by atoms with E-state index in [9.17, 15) is 22.4 Å². The maximum Gasteiger partial charge on any atom is 0.573 e. The minimum absolute atomic E-state index is 0.198. The van der Waals surface area contributed by atoms with Gasteiger partial charge in [-0.25, -0.2) is 9.37 Å². The molecule has 2 heterocycles. The number of fused-ring (bicyclic) bond motifs is 1. The van der Waals surface area contributed by atoms with E-state index >= 15 is 0 Å². The van der Waals surface area contributed by atoms with Crippen LogP contribution in [0.15, 0.2) is 54.7 Å². The van der Waals surface area contributed by atoms with Crippen molar-refractivity contribution in [1.29, 1.82) is 0 Å². The third kappa shape index (κ3) is 4.46. The molecule has 11 heteroatoms. The Balaban J connectivity index is 1.83. The number of benzene rings is 2. The first-order valence-corrected chi connectivity index (χ1v) is 10.2. The molecule has 0 unspecified atom stereocenters. The summed E-state index contributed by atoms with van der Waals surface area (Å²) in [6.45, 7) is 3.38. The molecule has 1 aromatic heterocycles. The van der Waals surface area contributed by atoms with E-state index in [1.807, 2.05) is 0 Å². The number of hydrogen-bond acceptors (Lipinski definition) is 5. The molecule has 0 aliphatic carbocycles. The van der Waals surface area contributed by atoms with E-state index in [1.165, 1.54) is 47.4 Å². The van der Waals surface area contributed by atoms with Gasteiger partial charge in [-0.2, -0.15) is 0 Å². The van der Waals surface area contributed by atoms with Gasteiger partial charge in [-0.3, -0.25) is 9.36 Å². The lowest BCUT2D eigenvalue weighted by Gasteiger charge is -2.38. The quantitative estimate of drug-likeness (QED) is 0.518. The predicted molar refractivity (Wildman–Crippen MR) is 118 cm³/mol. The van der Waals surface area contributed by atoms with Crippen molar-refractivity contribution in [3.05, 3.63) is 66.4 Å². The molecule has 0 saturated carbocycles. The minimum atomic E-state index is -4.83. The second-order valence-electron chi connectivity index (χ2n) is 8.04. The molecule has 0 radical (unpaired) electrons. The van der Waals surface area contributed by atoms with Crippen molar-refractivity contribution in [2.24, 2.45) is 5.73 Å². The Morgan fingerprint density at radius 1 is 1.15 bits per heavy atom. The summed E-state index contributed by atoms with van der Waals surface area (Å²) in [6, 6.07) is 11.0. The lowest BCUT2D eigenvalue weighted by Crippen LogP contribution is -2.47. The van der Waals surface area contributed by atoms with Crippen molar-refractivity contribution in [2.45, 2.75) is 25.7 Å². The van der Waals surface area contributed by atoms with E-state index in [0.29, 0.717) is 28.6 Å². The van der Waals surface area contributed by atoms with Crippen LogP contribution in [0.5, 0.6) is 5.75 Å². The standard InChI is InChI=1S/C23H21F4N5O2/c1-22(2)21-30-19(14-6-8-15(24)9-7-14)20(31(21)10-11-32(22)18(33)13-28)29-16-4-3-5-17(12-16)34-23(25,26)27/h3-12,29H,13,28H2,1-2H3. The highest BCUT2D eigenvalue weighted by Crippen LogP contribution is 2.40. The number of nitrogens with one attached hydrogen (secondary N) is 1. The van der Waals surface area contributed by atoms with Crippen molar-refractivity contribution >= 4 is 23.6 Å². The number of nitrogens with zero attached hydrogens (tertiary/aromatic N) is 3. The van der Waals surface area contributed by atoms with Crippen LogP contribution < -0.4 is 15.8 Å². The van der Waals surface area contributed by atoms with Crippen molar-refractivity contribution in [3.8, 4) is 17.0 Å². The number of rotatable bonds is 5. The minimum Gasteiger partial charge on any atom is -0.406 e. The summed E-state index contributed by atoms with van der Waals surface area (Å²) in [6.07, 6.45) is -1.67. The molecular formula is C23H21F4N5O2. The van der Waals surface area contributed by atoms with Crippen LogP contribution in [-0.4, -0.2) is 33.3 Å². The van der Waals surface area contributed by atoms with E-state index in [1.54, 1.807) is 36.9 Å². The second kappa shape index (κ2) is 8.49. The topological polar surface area (TPSA) is 85.4 Å². The van der Waals surface area contributed by atoms with Crippen molar-refractivity contribution in [1.82, 2.24) is 14.5 Å². The van der Waals surface area contributed by atoms with Crippen molar-refractivity contribution in [3.63, 3.8) is 0 Å². The lowest BCUT2D eigenvalue weighted by atomic mass is 10.0. The number of amides is 1. The first-order valence-electron chi connectivity index (χ1n) is 10.2. The highest BCUT2D eigenvalue weighted by Gasteiger charge is 2.39. The van der Waals surface area contributed by atoms with Crippen LogP contribution in [0.25, 0.3) is 17.5 Å². The summed E-state index contributed by atoms with van der Waals surface area (Å²) in [7, 11) is 0. The largest absolute Gasteiger partial charge is 0.573 e. The van der Waals surface area contributed by atoms with Gasteiger partial charge < -0.3 is 20.7 Å². The van der Waals surface area contributed by atoms with Gasteiger partial charge in [0.25, 0.3) is 0 Å². The van der Waals surface area contributed by atoms with Crippen LogP contribution in [0.1, 0.15) is 19.7 Å². The van der Waals surface area contributed by atoms with E-state index < -0.39 is 23.5 Å². The maximum absolute atomic E-state index is 13.5. The molecule has 1 amide bonds. The summed E-state index contributed by atoms with van der Waals surface area (Å²) in [5.74, 6) is -0.254. The number of hydrogen-bond donors (Lipinski definition) is 2. The highest BCUT2D eigenvalue weighted by molar-refractivity contribution is 5.83. The van der Waals surface area contributed by atoms with E-state index in [0.717, 1.165) is 0 Å². The van der Waals surface area contributed by atoms with Gasteiger partial charge in [0.05, 0.1) is 6.54 Å². The Morgan fingerprint density at radius 3 is 2.50 bits per heavy atom. The number of imidazole rings is 1. The van der Waals surface area contributed by atoms with E-state index in [4.69, 9.17) is 10.7 Å². The monoisotopic (exact) mass is 475 g/mol. The summed E-state index contributed by atoms with van der Waals surface area (Å²) in [4.78, 5) is 18.6. The number of nitrogens with two attached hydrogens (primary N) is 1. The number of carbonyl (C=O) groups is 1. The summed E-state index contributed by atoms with van der Waals surface area (Å²) >= 11 is 0. The van der Waals surface area contributed by atoms with Gasteiger partial charge in [-0.1, -0.05) is 6.07 Å². The Bertz CT molecular complexity index is 1250. The third-order valence-electron chi connectivity index (χ3n) is 5.32. The Morgan fingerprint density at radius 2 is 1.85 bits per heavy atom. The van der Waals surface area contributed by atoms with E-state index in [2.05, 4.69) is 10.1 Å². The van der Waals surface area contributed by atoms with Crippen molar-refractivity contribution in [2.75, 3.05) is 11.9 Å². The highest BCUT2D eigenvalue weighted by atomic mass is 19.4. The molecule has 3 N–H and O–H groups in total. The Hall–Kier alpha value is -3.86.